The summed E-state index contributed by atoms with van der Waals surface area (Å²) in [6, 6.07) is 7.17. The fourth-order valence-corrected chi connectivity index (χ4v) is 1.74. The van der Waals surface area contributed by atoms with Crippen LogP contribution in [0.25, 0.3) is 0 Å². The Morgan fingerprint density at radius 2 is 2.00 bits per heavy atom. The van der Waals surface area contributed by atoms with E-state index in [0.717, 1.165) is 17.7 Å². The third-order valence-electron chi connectivity index (χ3n) is 2.91. The quantitative estimate of drug-likeness (QED) is 0.811. The monoisotopic (exact) mass is 250 g/mol. The molecule has 4 nitrogen and oxygen atoms in total. The number of carbonyl (C=O) groups excluding carboxylic acids is 1. The zero-order valence-electron chi connectivity index (χ0n) is 11.3. The molecule has 0 saturated carbocycles. The van der Waals surface area contributed by atoms with Gasteiger partial charge in [0.2, 0.25) is 5.91 Å². The smallest absolute Gasteiger partial charge is 0.237 e. The highest BCUT2D eigenvalue weighted by atomic mass is 16.5. The van der Waals surface area contributed by atoms with Crippen molar-refractivity contribution >= 4 is 5.91 Å². The van der Waals surface area contributed by atoms with Crippen molar-refractivity contribution in [1.82, 2.24) is 5.32 Å². The molecule has 0 aromatic heterocycles. The highest BCUT2D eigenvalue weighted by molar-refractivity contribution is 5.81. The van der Waals surface area contributed by atoms with Gasteiger partial charge in [0.05, 0.1) is 19.2 Å². The number of carbonyl (C=O) groups is 1. The van der Waals surface area contributed by atoms with Gasteiger partial charge in [0.15, 0.2) is 0 Å². The number of benzene rings is 1. The van der Waals surface area contributed by atoms with Gasteiger partial charge < -0.3 is 15.8 Å². The van der Waals surface area contributed by atoms with Gasteiger partial charge in [-0.2, -0.15) is 0 Å². The van der Waals surface area contributed by atoms with Crippen LogP contribution < -0.4 is 15.8 Å². The van der Waals surface area contributed by atoms with Gasteiger partial charge in [0, 0.05) is 0 Å². The van der Waals surface area contributed by atoms with Crippen LogP contribution in [0, 0.1) is 0 Å². The van der Waals surface area contributed by atoms with Crippen LogP contribution in [-0.2, 0) is 4.79 Å². The second-order valence-electron chi connectivity index (χ2n) is 4.40. The van der Waals surface area contributed by atoms with Crippen LogP contribution in [0.4, 0.5) is 0 Å². The van der Waals surface area contributed by atoms with Gasteiger partial charge in [-0.1, -0.05) is 25.5 Å². The van der Waals surface area contributed by atoms with Crippen LogP contribution >= 0.6 is 0 Å². The van der Waals surface area contributed by atoms with E-state index in [1.54, 1.807) is 7.11 Å². The molecule has 2 atom stereocenters. The van der Waals surface area contributed by atoms with E-state index in [-0.39, 0.29) is 11.9 Å². The molecule has 18 heavy (non-hydrogen) atoms. The summed E-state index contributed by atoms with van der Waals surface area (Å²) in [7, 11) is 1.63. The molecular weight excluding hydrogens is 228 g/mol. The van der Waals surface area contributed by atoms with Crippen LogP contribution in [0.2, 0.25) is 0 Å². The summed E-state index contributed by atoms with van der Waals surface area (Å²) >= 11 is 0. The van der Waals surface area contributed by atoms with E-state index in [0.29, 0.717) is 6.42 Å². The molecule has 0 spiro atoms. The SMILES string of the molecule is CCC[C@H](N)C(=O)NC(C)c1ccc(OC)cc1. The summed E-state index contributed by atoms with van der Waals surface area (Å²) in [5.41, 5.74) is 6.80. The third kappa shape index (κ3) is 4.04. The summed E-state index contributed by atoms with van der Waals surface area (Å²) < 4.78 is 5.09. The maximum atomic E-state index is 11.8. The zero-order valence-corrected chi connectivity index (χ0v) is 11.3. The van der Waals surface area contributed by atoms with Crippen LogP contribution in [-0.4, -0.2) is 19.1 Å². The van der Waals surface area contributed by atoms with Crippen molar-refractivity contribution in [3.05, 3.63) is 29.8 Å². The number of hydrogen-bond acceptors (Lipinski definition) is 3. The summed E-state index contributed by atoms with van der Waals surface area (Å²) in [6.07, 6.45) is 1.62. The number of amides is 1. The predicted octanol–water partition coefficient (Wildman–Crippen LogP) is 2.00. The molecule has 100 valence electrons. The number of ether oxygens (including phenoxy) is 1. The first kappa shape index (κ1) is 14.5. The molecule has 0 saturated heterocycles. The topological polar surface area (TPSA) is 64.4 Å². The molecule has 3 N–H and O–H groups in total. The number of nitrogens with one attached hydrogen (secondary N) is 1. The van der Waals surface area contributed by atoms with E-state index in [2.05, 4.69) is 5.32 Å². The molecule has 1 rings (SSSR count). The molecule has 0 heterocycles. The van der Waals surface area contributed by atoms with Crippen molar-refractivity contribution in [3.8, 4) is 5.75 Å². The van der Waals surface area contributed by atoms with Crippen molar-refractivity contribution in [1.29, 1.82) is 0 Å². The van der Waals surface area contributed by atoms with Gasteiger partial charge in [-0.25, -0.2) is 0 Å². The summed E-state index contributed by atoms with van der Waals surface area (Å²) in [5.74, 6) is 0.708. The predicted molar refractivity (Wildman–Crippen MR) is 72.4 cm³/mol. The van der Waals surface area contributed by atoms with E-state index in [4.69, 9.17) is 10.5 Å². The van der Waals surface area contributed by atoms with E-state index in [9.17, 15) is 4.79 Å². The Balaban J connectivity index is 2.58. The molecule has 4 heteroatoms. The Bertz CT molecular complexity index is 376. The molecule has 0 radical (unpaired) electrons. The number of methoxy groups -OCH3 is 1. The number of rotatable bonds is 6. The van der Waals surface area contributed by atoms with Gasteiger partial charge in [-0.15, -0.1) is 0 Å². The second kappa shape index (κ2) is 7.01. The van der Waals surface area contributed by atoms with Crippen LogP contribution in [0.1, 0.15) is 38.3 Å². The minimum Gasteiger partial charge on any atom is -0.497 e. The Morgan fingerprint density at radius 1 is 1.39 bits per heavy atom. The minimum absolute atomic E-state index is 0.0497. The van der Waals surface area contributed by atoms with E-state index >= 15 is 0 Å². The van der Waals surface area contributed by atoms with E-state index in [1.165, 1.54) is 0 Å². The molecule has 1 aromatic carbocycles. The molecule has 0 fully saturated rings. The standard InChI is InChI=1S/C14H22N2O2/c1-4-5-13(15)14(17)16-10(2)11-6-8-12(18-3)9-7-11/h6-10,13H,4-5,15H2,1-3H3,(H,16,17)/t10?,13-/m0/s1. The summed E-state index contributed by atoms with van der Waals surface area (Å²) in [5, 5.41) is 2.91. The van der Waals surface area contributed by atoms with Crippen molar-refractivity contribution in [2.45, 2.75) is 38.8 Å². The van der Waals surface area contributed by atoms with E-state index < -0.39 is 6.04 Å². The Hall–Kier alpha value is -1.55. The largest absolute Gasteiger partial charge is 0.497 e. The Kier molecular flexibility index (Phi) is 5.65. The molecule has 1 unspecified atom stereocenters. The maximum absolute atomic E-state index is 11.8. The average molecular weight is 250 g/mol. The van der Waals surface area contributed by atoms with Gasteiger partial charge in [0.1, 0.15) is 5.75 Å². The summed E-state index contributed by atoms with van der Waals surface area (Å²) in [4.78, 5) is 11.8. The lowest BCUT2D eigenvalue weighted by Crippen LogP contribution is -2.41. The number of hydrogen-bond donors (Lipinski definition) is 2. The molecule has 0 aliphatic carbocycles. The van der Waals surface area contributed by atoms with Gasteiger partial charge in [-0.3, -0.25) is 4.79 Å². The van der Waals surface area contributed by atoms with E-state index in [1.807, 2.05) is 38.1 Å². The maximum Gasteiger partial charge on any atom is 0.237 e. The van der Waals surface area contributed by atoms with Crippen molar-refractivity contribution in [3.63, 3.8) is 0 Å². The zero-order chi connectivity index (χ0) is 13.5. The fourth-order valence-electron chi connectivity index (χ4n) is 1.74. The number of nitrogens with two attached hydrogens (primary N) is 1. The third-order valence-corrected chi connectivity index (χ3v) is 2.91. The first-order chi connectivity index (χ1) is 8.58. The normalized spacial score (nSPS) is 13.8. The van der Waals surface area contributed by atoms with Crippen LogP contribution in [0.15, 0.2) is 24.3 Å². The van der Waals surface area contributed by atoms with Crippen LogP contribution in [0.5, 0.6) is 5.75 Å². The highest BCUT2D eigenvalue weighted by Gasteiger charge is 2.15. The van der Waals surface area contributed by atoms with Gasteiger partial charge >= 0.3 is 0 Å². The average Bonchev–Trinajstić information content (AvgIpc) is 2.39. The lowest BCUT2D eigenvalue weighted by atomic mass is 10.1. The Labute approximate surface area is 109 Å². The molecule has 1 aromatic rings. The first-order valence-electron chi connectivity index (χ1n) is 6.28. The lowest BCUT2D eigenvalue weighted by Gasteiger charge is -2.17. The highest BCUT2D eigenvalue weighted by Crippen LogP contribution is 2.17. The molecule has 0 bridgehead atoms. The fraction of sp³-hybridized carbons (Fsp3) is 0.500. The molecule has 0 aliphatic heterocycles. The van der Waals surface area contributed by atoms with Crippen molar-refractivity contribution in [2.75, 3.05) is 7.11 Å². The first-order valence-corrected chi connectivity index (χ1v) is 6.28. The van der Waals surface area contributed by atoms with Crippen LogP contribution in [0.3, 0.4) is 0 Å². The lowest BCUT2D eigenvalue weighted by molar-refractivity contribution is -0.123. The minimum atomic E-state index is -0.421. The van der Waals surface area contributed by atoms with Gasteiger partial charge in [-0.05, 0) is 31.0 Å². The molecule has 1 amide bonds. The van der Waals surface area contributed by atoms with Gasteiger partial charge in [0.25, 0.3) is 0 Å². The summed E-state index contributed by atoms with van der Waals surface area (Å²) in [6.45, 7) is 3.96. The molecular formula is C14H22N2O2. The Morgan fingerprint density at radius 3 is 2.50 bits per heavy atom. The molecule has 0 aliphatic rings. The van der Waals surface area contributed by atoms with Crippen molar-refractivity contribution in [2.24, 2.45) is 5.73 Å². The second-order valence-corrected chi connectivity index (χ2v) is 4.40. The van der Waals surface area contributed by atoms with Crippen molar-refractivity contribution < 1.29 is 9.53 Å².